The first-order chi connectivity index (χ1) is 10.0. The van der Waals surface area contributed by atoms with Crippen molar-refractivity contribution in [1.29, 1.82) is 0 Å². The molecule has 0 aromatic carbocycles. The monoisotopic (exact) mass is 325 g/mol. The van der Waals surface area contributed by atoms with Crippen LogP contribution >= 0.6 is 11.3 Å². The van der Waals surface area contributed by atoms with Crippen molar-refractivity contribution >= 4 is 21.4 Å². The fourth-order valence-electron chi connectivity index (χ4n) is 2.10. The topological polar surface area (TPSA) is 63.1 Å². The average Bonchev–Trinajstić information content (AvgIpc) is 2.98. The molecule has 2 N–H and O–H groups in total. The molecule has 1 aliphatic carbocycles. The Morgan fingerprint density at radius 3 is 2.86 bits per heavy atom. The summed E-state index contributed by atoms with van der Waals surface area (Å²) in [7, 11) is -1.58. The highest BCUT2D eigenvalue weighted by Gasteiger charge is 2.22. The van der Waals surface area contributed by atoms with Gasteiger partial charge in [-0.05, 0) is 30.4 Å². The number of aromatic nitrogens is 1. The highest BCUT2D eigenvalue weighted by Crippen LogP contribution is 2.20. The van der Waals surface area contributed by atoms with E-state index < -0.39 is 10.0 Å². The molecule has 2 aromatic heterocycles. The van der Waals surface area contributed by atoms with Gasteiger partial charge in [-0.15, -0.1) is 11.3 Å². The summed E-state index contributed by atoms with van der Waals surface area (Å²) in [5.41, 5.74) is 0.985. The molecule has 3 rings (SSSR count). The fourth-order valence-corrected chi connectivity index (χ4v) is 3.93. The average molecular weight is 325 g/mol. The number of hydrogen-bond acceptors (Lipinski definition) is 4. The predicted molar refractivity (Wildman–Crippen MR) is 83.6 cm³/mol. The van der Waals surface area contributed by atoms with Gasteiger partial charge in [-0.3, -0.25) is 0 Å². The molecule has 1 aliphatic rings. The molecule has 21 heavy (non-hydrogen) atoms. The summed E-state index contributed by atoms with van der Waals surface area (Å²) in [5.74, 6) is 0. The Balaban J connectivity index is 1.67. The van der Waals surface area contributed by atoms with Gasteiger partial charge >= 0.3 is 0 Å². The third-order valence-corrected chi connectivity index (χ3v) is 5.80. The highest BCUT2D eigenvalue weighted by atomic mass is 32.2. The maximum atomic E-state index is 12.3. The van der Waals surface area contributed by atoms with Crippen molar-refractivity contribution in [3.63, 3.8) is 0 Å². The molecular formula is C14H19N3O2S2. The van der Waals surface area contributed by atoms with E-state index in [-0.39, 0.29) is 0 Å². The molecule has 0 radical (unpaired) electrons. The van der Waals surface area contributed by atoms with Gasteiger partial charge in [0.1, 0.15) is 0 Å². The van der Waals surface area contributed by atoms with Gasteiger partial charge in [-0.1, -0.05) is 6.07 Å². The molecule has 1 saturated carbocycles. The van der Waals surface area contributed by atoms with Crippen molar-refractivity contribution < 1.29 is 8.42 Å². The summed E-state index contributed by atoms with van der Waals surface area (Å²) in [5, 5.41) is 5.34. The van der Waals surface area contributed by atoms with E-state index in [0.29, 0.717) is 24.0 Å². The molecule has 0 saturated heterocycles. The van der Waals surface area contributed by atoms with Crippen LogP contribution in [0.4, 0.5) is 0 Å². The predicted octanol–water partition coefficient (Wildman–Crippen LogP) is 1.82. The fraction of sp³-hybridized carbons (Fsp3) is 0.429. The van der Waals surface area contributed by atoms with E-state index in [1.807, 2.05) is 29.1 Å². The Kier molecular flexibility index (Phi) is 4.17. The van der Waals surface area contributed by atoms with Crippen LogP contribution in [0.15, 0.2) is 34.7 Å². The van der Waals surface area contributed by atoms with Crippen LogP contribution in [0.25, 0.3) is 0 Å². The molecule has 1 fully saturated rings. The van der Waals surface area contributed by atoms with E-state index in [2.05, 4.69) is 10.0 Å². The molecule has 114 valence electrons. The van der Waals surface area contributed by atoms with Crippen molar-refractivity contribution in [1.82, 2.24) is 14.6 Å². The van der Waals surface area contributed by atoms with Crippen LogP contribution in [0.1, 0.15) is 23.4 Å². The van der Waals surface area contributed by atoms with Gasteiger partial charge in [-0.25, -0.2) is 13.1 Å². The highest BCUT2D eigenvalue weighted by molar-refractivity contribution is 7.89. The lowest BCUT2D eigenvalue weighted by Crippen LogP contribution is -2.22. The van der Waals surface area contributed by atoms with Crippen molar-refractivity contribution in [2.24, 2.45) is 7.05 Å². The van der Waals surface area contributed by atoms with Crippen LogP contribution in [0.5, 0.6) is 0 Å². The summed E-state index contributed by atoms with van der Waals surface area (Å²) in [6, 6.07) is 6.19. The first-order valence-corrected chi connectivity index (χ1v) is 9.31. The zero-order chi connectivity index (χ0) is 14.9. The van der Waals surface area contributed by atoms with Crippen LogP contribution in [0.2, 0.25) is 0 Å². The van der Waals surface area contributed by atoms with Crippen LogP contribution in [-0.2, 0) is 30.2 Å². The number of thiophene rings is 1. The second-order valence-electron chi connectivity index (χ2n) is 5.34. The third-order valence-electron chi connectivity index (χ3n) is 3.56. The van der Waals surface area contributed by atoms with Gasteiger partial charge in [0.05, 0.1) is 4.90 Å². The third kappa shape index (κ3) is 3.74. The van der Waals surface area contributed by atoms with E-state index in [9.17, 15) is 8.42 Å². The zero-order valence-electron chi connectivity index (χ0n) is 11.9. The minimum absolute atomic E-state index is 0.328. The van der Waals surface area contributed by atoms with Crippen LogP contribution in [0.3, 0.4) is 0 Å². The maximum absolute atomic E-state index is 12.3. The van der Waals surface area contributed by atoms with E-state index in [0.717, 1.165) is 10.6 Å². The van der Waals surface area contributed by atoms with Gasteiger partial charge in [0, 0.05) is 42.9 Å². The van der Waals surface area contributed by atoms with E-state index in [4.69, 9.17) is 0 Å². The van der Waals surface area contributed by atoms with E-state index in [1.165, 1.54) is 12.8 Å². The Labute approximate surface area is 129 Å². The van der Waals surface area contributed by atoms with Gasteiger partial charge in [-0.2, -0.15) is 0 Å². The minimum atomic E-state index is -3.45. The molecule has 0 unspecified atom stereocenters. The van der Waals surface area contributed by atoms with Crippen molar-refractivity contribution in [2.75, 3.05) is 0 Å². The normalized spacial score (nSPS) is 15.5. The standard InChI is InChI=1S/C14H19N3O2S2/c1-17-10-14(7-12(17)8-15-11-4-5-11)21(18,19)16-9-13-3-2-6-20-13/h2-3,6-7,10-11,15-16H,4-5,8-9H2,1H3. The molecule has 0 atom stereocenters. The Morgan fingerprint density at radius 2 is 2.19 bits per heavy atom. The quantitative estimate of drug-likeness (QED) is 0.816. The maximum Gasteiger partial charge on any atom is 0.242 e. The molecular weight excluding hydrogens is 306 g/mol. The Bertz CT molecular complexity index is 701. The number of hydrogen-bond donors (Lipinski definition) is 2. The molecule has 0 bridgehead atoms. The summed E-state index contributed by atoms with van der Waals surface area (Å²) in [4.78, 5) is 1.33. The van der Waals surface area contributed by atoms with Crippen LogP contribution in [0, 0.1) is 0 Å². The largest absolute Gasteiger partial charge is 0.352 e. The summed E-state index contributed by atoms with van der Waals surface area (Å²) in [6.45, 7) is 1.05. The summed E-state index contributed by atoms with van der Waals surface area (Å²) >= 11 is 1.54. The van der Waals surface area contributed by atoms with E-state index in [1.54, 1.807) is 23.6 Å². The van der Waals surface area contributed by atoms with Gasteiger partial charge in [0.25, 0.3) is 0 Å². The Morgan fingerprint density at radius 1 is 1.38 bits per heavy atom. The number of sulfonamides is 1. The first-order valence-electron chi connectivity index (χ1n) is 6.95. The minimum Gasteiger partial charge on any atom is -0.352 e. The first kappa shape index (κ1) is 14.8. The molecule has 5 nitrogen and oxygen atoms in total. The second-order valence-corrected chi connectivity index (χ2v) is 8.14. The number of aryl methyl sites for hydroxylation is 1. The van der Waals surface area contributed by atoms with Crippen LogP contribution in [-0.4, -0.2) is 19.0 Å². The number of rotatable bonds is 7. The van der Waals surface area contributed by atoms with E-state index >= 15 is 0 Å². The molecule has 2 heterocycles. The lowest BCUT2D eigenvalue weighted by atomic mass is 10.4. The molecule has 2 aromatic rings. The summed E-state index contributed by atoms with van der Waals surface area (Å²) in [6.07, 6.45) is 4.11. The molecule has 0 amide bonds. The lowest BCUT2D eigenvalue weighted by molar-refractivity contribution is 0.581. The zero-order valence-corrected chi connectivity index (χ0v) is 13.5. The lowest BCUT2D eigenvalue weighted by Gasteiger charge is -2.03. The van der Waals surface area contributed by atoms with Crippen molar-refractivity contribution in [2.45, 2.75) is 36.9 Å². The molecule has 0 aliphatic heterocycles. The number of nitrogens with zero attached hydrogens (tertiary/aromatic N) is 1. The van der Waals surface area contributed by atoms with Crippen molar-refractivity contribution in [3.05, 3.63) is 40.3 Å². The SMILES string of the molecule is Cn1cc(S(=O)(=O)NCc2cccs2)cc1CNC1CC1. The molecule has 0 spiro atoms. The molecule has 7 heteroatoms. The summed E-state index contributed by atoms with van der Waals surface area (Å²) < 4.78 is 29.1. The van der Waals surface area contributed by atoms with Gasteiger partial charge < -0.3 is 9.88 Å². The van der Waals surface area contributed by atoms with Crippen molar-refractivity contribution in [3.8, 4) is 0 Å². The number of nitrogens with one attached hydrogen (secondary N) is 2. The smallest absolute Gasteiger partial charge is 0.242 e. The van der Waals surface area contributed by atoms with Crippen LogP contribution < -0.4 is 10.0 Å². The van der Waals surface area contributed by atoms with Gasteiger partial charge in [0.2, 0.25) is 10.0 Å². The van der Waals surface area contributed by atoms with Gasteiger partial charge in [0.15, 0.2) is 0 Å². The Hall–Kier alpha value is -1.15. The second kappa shape index (κ2) is 5.92.